The topological polar surface area (TPSA) is 77.8 Å². The summed E-state index contributed by atoms with van der Waals surface area (Å²) in [5.41, 5.74) is 1.09. The van der Waals surface area contributed by atoms with Gasteiger partial charge >= 0.3 is 0 Å². The zero-order chi connectivity index (χ0) is 15.0. The van der Waals surface area contributed by atoms with Crippen LogP contribution in [0.4, 0.5) is 0 Å². The van der Waals surface area contributed by atoms with Crippen LogP contribution < -0.4 is 0 Å². The smallest absolute Gasteiger partial charge is 0.120 e. The SMILES string of the molecule is C/C(=C\CCCCCCO)[C@H]1[C@H](CC=O)[C@H](O)C[C@@H]1O. The van der Waals surface area contributed by atoms with Crippen molar-refractivity contribution in [3.05, 3.63) is 11.6 Å². The molecule has 0 amide bonds. The van der Waals surface area contributed by atoms with E-state index in [1.165, 1.54) is 0 Å². The van der Waals surface area contributed by atoms with Crippen molar-refractivity contribution in [2.75, 3.05) is 6.61 Å². The highest BCUT2D eigenvalue weighted by Crippen LogP contribution is 2.39. The van der Waals surface area contributed by atoms with E-state index in [2.05, 4.69) is 6.08 Å². The standard InChI is InChI=1S/C16H28O4/c1-12(7-5-3-2-4-6-9-17)16-13(8-10-18)14(19)11-15(16)20/h7,10,13-17,19-20H,2-6,8-9,11H2,1H3/b12-7+/t13-,14-,15+,16+/m1/s1. The van der Waals surface area contributed by atoms with Gasteiger partial charge in [-0.1, -0.05) is 24.5 Å². The summed E-state index contributed by atoms with van der Waals surface area (Å²) in [4.78, 5) is 10.7. The second-order valence-electron chi connectivity index (χ2n) is 5.84. The first-order valence-corrected chi connectivity index (χ1v) is 7.69. The van der Waals surface area contributed by atoms with Gasteiger partial charge in [-0.05, 0) is 26.2 Å². The van der Waals surface area contributed by atoms with E-state index in [1.807, 2.05) is 6.92 Å². The van der Waals surface area contributed by atoms with E-state index in [-0.39, 0.29) is 18.4 Å². The lowest BCUT2D eigenvalue weighted by atomic mass is 9.85. The third kappa shape index (κ3) is 5.00. The van der Waals surface area contributed by atoms with E-state index in [1.54, 1.807) is 0 Å². The van der Waals surface area contributed by atoms with Crippen molar-refractivity contribution >= 4 is 6.29 Å². The summed E-state index contributed by atoms with van der Waals surface area (Å²) in [6, 6.07) is 0. The van der Waals surface area contributed by atoms with Gasteiger partial charge in [0.2, 0.25) is 0 Å². The minimum atomic E-state index is -0.576. The Labute approximate surface area is 121 Å². The van der Waals surface area contributed by atoms with E-state index in [0.717, 1.165) is 44.0 Å². The average Bonchev–Trinajstić information content (AvgIpc) is 2.69. The quantitative estimate of drug-likeness (QED) is 0.343. The van der Waals surface area contributed by atoms with Crippen molar-refractivity contribution in [2.24, 2.45) is 11.8 Å². The molecule has 0 saturated heterocycles. The van der Waals surface area contributed by atoms with Crippen LogP contribution in [0.25, 0.3) is 0 Å². The molecule has 0 spiro atoms. The molecular weight excluding hydrogens is 256 g/mol. The molecular formula is C16H28O4. The van der Waals surface area contributed by atoms with Gasteiger partial charge in [-0.15, -0.1) is 0 Å². The van der Waals surface area contributed by atoms with Crippen LogP contribution in [-0.2, 0) is 4.79 Å². The number of carbonyl (C=O) groups is 1. The molecule has 0 radical (unpaired) electrons. The Morgan fingerprint density at radius 3 is 2.50 bits per heavy atom. The maximum atomic E-state index is 10.7. The lowest BCUT2D eigenvalue weighted by molar-refractivity contribution is -0.109. The summed E-state index contributed by atoms with van der Waals surface area (Å²) >= 11 is 0. The first kappa shape index (κ1) is 17.3. The second kappa shape index (κ2) is 9.27. The predicted molar refractivity (Wildman–Crippen MR) is 78.2 cm³/mol. The Morgan fingerprint density at radius 1 is 1.15 bits per heavy atom. The molecule has 0 aromatic heterocycles. The summed E-state index contributed by atoms with van der Waals surface area (Å²) in [5, 5.41) is 28.7. The number of allylic oxidation sites excluding steroid dienone is 1. The van der Waals surface area contributed by atoms with Gasteiger partial charge in [0.25, 0.3) is 0 Å². The fraction of sp³-hybridized carbons (Fsp3) is 0.812. The lowest BCUT2D eigenvalue weighted by Crippen LogP contribution is -2.23. The van der Waals surface area contributed by atoms with Gasteiger partial charge in [0.15, 0.2) is 0 Å². The van der Waals surface area contributed by atoms with E-state index in [4.69, 9.17) is 5.11 Å². The molecule has 1 saturated carbocycles. The van der Waals surface area contributed by atoms with Crippen LogP contribution in [0.5, 0.6) is 0 Å². The van der Waals surface area contributed by atoms with Crippen molar-refractivity contribution in [3.8, 4) is 0 Å². The average molecular weight is 284 g/mol. The number of carbonyl (C=O) groups excluding carboxylic acids is 1. The van der Waals surface area contributed by atoms with Crippen molar-refractivity contribution in [1.29, 1.82) is 0 Å². The maximum absolute atomic E-state index is 10.7. The van der Waals surface area contributed by atoms with E-state index in [0.29, 0.717) is 12.8 Å². The largest absolute Gasteiger partial charge is 0.396 e. The second-order valence-corrected chi connectivity index (χ2v) is 5.84. The number of aliphatic hydroxyl groups is 3. The Hall–Kier alpha value is -0.710. The highest BCUT2D eigenvalue weighted by molar-refractivity contribution is 5.50. The molecule has 4 nitrogen and oxygen atoms in total. The van der Waals surface area contributed by atoms with E-state index < -0.39 is 12.2 Å². The van der Waals surface area contributed by atoms with Crippen LogP contribution in [0.15, 0.2) is 11.6 Å². The third-order valence-corrected chi connectivity index (χ3v) is 4.33. The maximum Gasteiger partial charge on any atom is 0.120 e. The zero-order valence-electron chi connectivity index (χ0n) is 12.4. The monoisotopic (exact) mass is 284 g/mol. The van der Waals surface area contributed by atoms with Gasteiger partial charge in [-0.25, -0.2) is 0 Å². The Bertz CT molecular complexity index is 314. The van der Waals surface area contributed by atoms with Crippen LogP contribution in [0.3, 0.4) is 0 Å². The normalized spacial score (nSPS) is 30.7. The number of unbranched alkanes of at least 4 members (excludes halogenated alkanes) is 4. The zero-order valence-corrected chi connectivity index (χ0v) is 12.4. The first-order valence-electron chi connectivity index (χ1n) is 7.69. The summed E-state index contributed by atoms with van der Waals surface area (Å²) in [6.45, 7) is 2.24. The van der Waals surface area contributed by atoms with Crippen molar-refractivity contribution in [3.63, 3.8) is 0 Å². The third-order valence-electron chi connectivity index (χ3n) is 4.33. The Morgan fingerprint density at radius 2 is 1.85 bits per heavy atom. The van der Waals surface area contributed by atoms with Gasteiger partial charge in [0, 0.05) is 31.3 Å². The summed E-state index contributed by atoms with van der Waals surface area (Å²) < 4.78 is 0. The lowest BCUT2D eigenvalue weighted by Gasteiger charge is -2.22. The molecule has 0 aliphatic heterocycles. The van der Waals surface area contributed by atoms with Crippen molar-refractivity contribution in [2.45, 2.75) is 64.1 Å². The molecule has 0 bridgehead atoms. The van der Waals surface area contributed by atoms with Gasteiger partial charge in [-0.3, -0.25) is 0 Å². The minimum Gasteiger partial charge on any atom is -0.396 e. The molecule has 20 heavy (non-hydrogen) atoms. The predicted octanol–water partition coefficient (Wildman–Crippen LogP) is 1.82. The highest BCUT2D eigenvalue weighted by atomic mass is 16.3. The molecule has 0 heterocycles. The van der Waals surface area contributed by atoms with E-state index in [9.17, 15) is 15.0 Å². The summed E-state index contributed by atoms with van der Waals surface area (Å²) in [6.07, 6.45) is 7.54. The minimum absolute atomic E-state index is 0.0901. The summed E-state index contributed by atoms with van der Waals surface area (Å²) in [5.74, 6) is -0.235. The molecule has 0 aromatic rings. The molecule has 116 valence electrons. The number of aldehydes is 1. The molecule has 1 aliphatic carbocycles. The van der Waals surface area contributed by atoms with Gasteiger partial charge in [-0.2, -0.15) is 0 Å². The van der Waals surface area contributed by atoms with Crippen LogP contribution in [-0.4, -0.2) is 40.4 Å². The molecule has 0 aromatic carbocycles. The van der Waals surface area contributed by atoms with Crippen LogP contribution >= 0.6 is 0 Å². The number of hydrogen-bond acceptors (Lipinski definition) is 4. The number of hydrogen-bond donors (Lipinski definition) is 3. The molecule has 1 fully saturated rings. The fourth-order valence-corrected chi connectivity index (χ4v) is 3.22. The van der Waals surface area contributed by atoms with Crippen molar-refractivity contribution < 1.29 is 20.1 Å². The fourth-order valence-electron chi connectivity index (χ4n) is 3.22. The molecule has 4 heteroatoms. The van der Waals surface area contributed by atoms with Crippen molar-refractivity contribution in [1.82, 2.24) is 0 Å². The molecule has 1 aliphatic rings. The molecule has 4 atom stereocenters. The van der Waals surface area contributed by atoms with Gasteiger partial charge in [0.1, 0.15) is 6.29 Å². The molecule has 3 N–H and O–H groups in total. The van der Waals surface area contributed by atoms with Crippen LogP contribution in [0.1, 0.15) is 51.9 Å². The Balaban J connectivity index is 2.46. The molecule has 0 unspecified atom stereocenters. The Kier molecular flexibility index (Phi) is 8.04. The van der Waals surface area contributed by atoms with Crippen LogP contribution in [0, 0.1) is 11.8 Å². The number of aliphatic hydroxyl groups excluding tert-OH is 3. The number of rotatable bonds is 9. The van der Waals surface area contributed by atoms with E-state index >= 15 is 0 Å². The van der Waals surface area contributed by atoms with Gasteiger partial charge < -0.3 is 20.1 Å². The van der Waals surface area contributed by atoms with Crippen LogP contribution in [0.2, 0.25) is 0 Å². The summed E-state index contributed by atoms with van der Waals surface area (Å²) in [7, 11) is 0. The molecule has 1 rings (SSSR count). The first-order chi connectivity index (χ1) is 9.61. The highest BCUT2D eigenvalue weighted by Gasteiger charge is 2.41. The van der Waals surface area contributed by atoms with Gasteiger partial charge in [0.05, 0.1) is 12.2 Å².